The van der Waals surface area contributed by atoms with E-state index in [2.05, 4.69) is 12.3 Å². The molecule has 1 saturated carbocycles. The fraction of sp³-hybridized carbons (Fsp3) is 1.00. The second-order valence-electron chi connectivity index (χ2n) is 3.03. The zero-order chi connectivity index (χ0) is 6.69. The van der Waals surface area contributed by atoms with Crippen LogP contribution in [0.3, 0.4) is 0 Å². The maximum absolute atomic E-state index is 5.34. The summed E-state index contributed by atoms with van der Waals surface area (Å²) >= 11 is 0. The molecule has 10 heavy (non-hydrogen) atoms. The molecule has 2 nitrogen and oxygen atoms in total. The lowest BCUT2D eigenvalue weighted by atomic mass is 9.86. The van der Waals surface area contributed by atoms with Crippen molar-refractivity contribution in [3.05, 3.63) is 0 Å². The van der Waals surface area contributed by atoms with E-state index in [1.165, 1.54) is 25.7 Å². The van der Waals surface area contributed by atoms with Crippen LogP contribution in [0, 0.1) is 5.92 Å². The van der Waals surface area contributed by atoms with Gasteiger partial charge in [0.2, 0.25) is 0 Å². The molecular weight excluding hydrogens is 148 g/mol. The summed E-state index contributed by atoms with van der Waals surface area (Å²) < 4.78 is 0. The van der Waals surface area contributed by atoms with Crippen LogP contribution in [0.25, 0.3) is 0 Å². The molecule has 1 fully saturated rings. The third-order valence-electron chi connectivity index (χ3n) is 2.33. The van der Waals surface area contributed by atoms with Crippen molar-refractivity contribution >= 4 is 12.4 Å². The average Bonchev–Trinajstić information content (AvgIpc) is 1.89. The van der Waals surface area contributed by atoms with Crippen LogP contribution in [-0.4, -0.2) is 6.04 Å². The largest absolute Gasteiger partial charge is 0.271 e. The Morgan fingerprint density at radius 1 is 1.30 bits per heavy atom. The number of rotatable bonds is 1. The maximum Gasteiger partial charge on any atom is 0.0236 e. The van der Waals surface area contributed by atoms with Crippen molar-refractivity contribution in [2.75, 3.05) is 0 Å². The van der Waals surface area contributed by atoms with Crippen LogP contribution >= 0.6 is 12.4 Å². The predicted molar refractivity (Wildman–Crippen MR) is 46.0 cm³/mol. The SMILES string of the molecule is C[C@@H]1CCCC[C@H]1NN.Cl. The molecule has 0 amide bonds. The van der Waals surface area contributed by atoms with E-state index >= 15 is 0 Å². The van der Waals surface area contributed by atoms with Gasteiger partial charge in [0.1, 0.15) is 0 Å². The van der Waals surface area contributed by atoms with Gasteiger partial charge in [0.05, 0.1) is 0 Å². The monoisotopic (exact) mass is 164 g/mol. The molecule has 0 aromatic heterocycles. The van der Waals surface area contributed by atoms with Crippen molar-refractivity contribution in [2.45, 2.75) is 38.6 Å². The van der Waals surface area contributed by atoms with Gasteiger partial charge in [0.25, 0.3) is 0 Å². The first kappa shape index (κ1) is 10.2. The molecule has 3 N–H and O–H groups in total. The van der Waals surface area contributed by atoms with E-state index < -0.39 is 0 Å². The van der Waals surface area contributed by atoms with Gasteiger partial charge in [-0.25, -0.2) is 0 Å². The summed E-state index contributed by atoms with van der Waals surface area (Å²) in [7, 11) is 0. The smallest absolute Gasteiger partial charge is 0.0236 e. The Labute approximate surface area is 68.9 Å². The highest BCUT2D eigenvalue weighted by Gasteiger charge is 2.18. The predicted octanol–water partition coefficient (Wildman–Crippen LogP) is 1.45. The molecule has 0 bridgehead atoms. The van der Waals surface area contributed by atoms with E-state index in [1.807, 2.05) is 0 Å². The topological polar surface area (TPSA) is 38.0 Å². The first-order valence-electron chi connectivity index (χ1n) is 3.80. The van der Waals surface area contributed by atoms with Crippen molar-refractivity contribution in [2.24, 2.45) is 11.8 Å². The van der Waals surface area contributed by atoms with Crippen LogP contribution in [0.15, 0.2) is 0 Å². The minimum atomic E-state index is 0. The lowest BCUT2D eigenvalue weighted by Crippen LogP contribution is -2.41. The Morgan fingerprint density at radius 3 is 2.30 bits per heavy atom. The molecule has 1 aliphatic carbocycles. The number of nitrogens with one attached hydrogen (secondary N) is 1. The van der Waals surface area contributed by atoms with Gasteiger partial charge in [-0.2, -0.15) is 0 Å². The summed E-state index contributed by atoms with van der Waals surface area (Å²) in [5.74, 6) is 6.12. The first-order chi connectivity index (χ1) is 4.34. The molecule has 0 aliphatic heterocycles. The van der Waals surface area contributed by atoms with E-state index in [0.717, 1.165) is 5.92 Å². The highest BCUT2D eigenvalue weighted by molar-refractivity contribution is 5.85. The normalized spacial score (nSPS) is 33.0. The zero-order valence-electron chi connectivity index (χ0n) is 6.47. The van der Waals surface area contributed by atoms with Crippen molar-refractivity contribution in [3.63, 3.8) is 0 Å². The number of halogens is 1. The molecule has 0 saturated heterocycles. The van der Waals surface area contributed by atoms with Gasteiger partial charge in [-0.1, -0.05) is 19.8 Å². The molecule has 2 atom stereocenters. The lowest BCUT2D eigenvalue weighted by Gasteiger charge is -2.27. The Kier molecular flexibility index (Phi) is 5.04. The van der Waals surface area contributed by atoms with Gasteiger partial charge >= 0.3 is 0 Å². The molecule has 1 aliphatic rings. The number of hydrogen-bond donors (Lipinski definition) is 2. The Balaban J connectivity index is 0.000000810. The summed E-state index contributed by atoms with van der Waals surface area (Å²) in [6, 6.07) is 0.582. The fourth-order valence-corrected chi connectivity index (χ4v) is 1.56. The van der Waals surface area contributed by atoms with Gasteiger partial charge < -0.3 is 0 Å². The van der Waals surface area contributed by atoms with Crippen LogP contribution in [0.1, 0.15) is 32.6 Å². The summed E-state index contributed by atoms with van der Waals surface area (Å²) in [6.07, 6.45) is 5.34. The average molecular weight is 165 g/mol. The molecule has 62 valence electrons. The third-order valence-corrected chi connectivity index (χ3v) is 2.33. The molecular formula is C7H17ClN2. The van der Waals surface area contributed by atoms with Gasteiger partial charge in [-0.05, 0) is 18.8 Å². The minimum Gasteiger partial charge on any atom is -0.271 e. The van der Waals surface area contributed by atoms with Gasteiger partial charge in [-0.3, -0.25) is 11.3 Å². The Bertz CT molecular complexity index is 87.7. The standard InChI is InChI=1S/C7H16N2.ClH/c1-6-4-2-3-5-7(6)9-8;/h6-7,9H,2-5,8H2,1H3;1H/t6-,7-;/m1./s1. The second kappa shape index (κ2) is 4.94. The molecule has 3 heteroatoms. The molecule has 0 radical (unpaired) electrons. The number of nitrogens with two attached hydrogens (primary N) is 1. The lowest BCUT2D eigenvalue weighted by molar-refractivity contribution is 0.284. The molecule has 0 heterocycles. The zero-order valence-corrected chi connectivity index (χ0v) is 7.29. The Morgan fingerprint density at radius 2 is 1.90 bits per heavy atom. The van der Waals surface area contributed by atoms with Crippen molar-refractivity contribution < 1.29 is 0 Å². The van der Waals surface area contributed by atoms with E-state index in [0.29, 0.717) is 6.04 Å². The third kappa shape index (κ3) is 2.45. The quantitative estimate of drug-likeness (QED) is 0.455. The summed E-state index contributed by atoms with van der Waals surface area (Å²) in [6.45, 7) is 2.27. The van der Waals surface area contributed by atoms with Gasteiger partial charge in [0.15, 0.2) is 0 Å². The van der Waals surface area contributed by atoms with E-state index in [-0.39, 0.29) is 12.4 Å². The Hall–Kier alpha value is 0.210. The van der Waals surface area contributed by atoms with Crippen LogP contribution < -0.4 is 11.3 Å². The van der Waals surface area contributed by atoms with Gasteiger partial charge in [-0.15, -0.1) is 12.4 Å². The number of hydrazine groups is 1. The van der Waals surface area contributed by atoms with E-state index in [9.17, 15) is 0 Å². The summed E-state index contributed by atoms with van der Waals surface area (Å²) in [4.78, 5) is 0. The maximum atomic E-state index is 5.34. The first-order valence-corrected chi connectivity index (χ1v) is 3.80. The molecule has 0 aromatic rings. The fourth-order valence-electron chi connectivity index (χ4n) is 1.56. The summed E-state index contributed by atoms with van der Waals surface area (Å²) in [5.41, 5.74) is 2.85. The van der Waals surface area contributed by atoms with Crippen LogP contribution in [-0.2, 0) is 0 Å². The highest BCUT2D eigenvalue weighted by Crippen LogP contribution is 2.22. The van der Waals surface area contributed by atoms with Crippen molar-refractivity contribution in [3.8, 4) is 0 Å². The molecule has 0 aromatic carbocycles. The molecule has 0 unspecified atom stereocenters. The highest BCUT2D eigenvalue weighted by atomic mass is 35.5. The van der Waals surface area contributed by atoms with Crippen molar-refractivity contribution in [1.82, 2.24) is 5.43 Å². The molecule has 0 spiro atoms. The summed E-state index contributed by atoms with van der Waals surface area (Å²) in [5, 5.41) is 0. The van der Waals surface area contributed by atoms with E-state index in [4.69, 9.17) is 5.84 Å². The minimum absolute atomic E-state index is 0. The molecule has 1 rings (SSSR count). The van der Waals surface area contributed by atoms with Crippen LogP contribution in [0.2, 0.25) is 0 Å². The number of hydrogen-bond acceptors (Lipinski definition) is 2. The van der Waals surface area contributed by atoms with Crippen molar-refractivity contribution in [1.29, 1.82) is 0 Å². The second-order valence-corrected chi connectivity index (χ2v) is 3.03. The van der Waals surface area contributed by atoms with Crippen LogP contribution in [0.4, 0.5) is 0 Å². The van der Waals surface area contributed by atoms with E-state index in [1.54, 1.807) is 0 Å². The van der Waals surface area contributed by atoms with Gasteiger partial charge in [0, 0.05) is 6.04 Å². The van der Waals surface area contributed by atoms with Crippen LogP contribution in [0.5, 0.6) is 0 Å².